The zero-order chi connectivity index (χ0) is 22.9. The Hall–Kier alpha value is -2.90. The number of fused-ring (bicyclic) bond motifs is 4. The van der Waals surface area contributed by atoms with Crippen molar-refractivity contribution in [3.8, 4) is 11.3 Å². The number of benzene rings is 1. The van der Waals surface area contributed by atoms with E-state index in [0.29, 0.717) is 17.9 Å². The third-order valence-corrected chi connectivity index (χ3v) is 8.16. The summed E-state index contributed by atoms with van der Waals surface area (Å²) in [6.07, 6.45) is 5.60. The summed E-state index contributed by atoms with van der Waals surface area (Å²) < 4.78 is 21.3. The Kier molecular flexibility index (Phi) is 4.74. The summed E-state index contributed by atoms with van der Waals surface area (Å²) in [7, 11) is 0. The van der Waals surface area contributed by atoms with E-state index in [0.717, 1.165) is 92.1 Å². The first kappa shape index (κ1) is 20.7. The van der Waals surface area contributed by atoms with Crippen LogP contribution >= 0.6 is 11.3 Å². The van der Waals surface area contributed by atoms with Gasteiger partial charge in [-0.3, -0.25) is 4.98 Å². The molecule has 1 saturated heterocycles. The highest BCUT2D eigenvalue weighted by atomic mass is 32.1. The summed E-state index contributed by atoms with van der Waals surface area (Å²) in [6.45, 7) is 13.4. The first-order valence-corrected chi connectivity index (χ1v) is 12.1. The van der Waals surface area contributed by atoms with E-state index < -0.39 is 0 Å². The Morgan fingerprint density at radius 2 is 1.88 bits per heavy atom. The zero-order valence-electron chi connectivity index (χ0n) is 19.1. The highest BCUT2D eigenvalue weighted by Gasteiger charge is 2.29. The molecule has 3 aromatic heterocycles. The maximum Gasteiger partial charge on any atom is 0.225 e. The van der Waals surface area contributed by atoms with Gasteiger partial charge in [-0.1, -0.05) is 6.58 Å². The molecular formula is C26H25FN4OS. The highest BCUT2D eigenvalue weighted by molar-refractivity contribution is 7.19. The van der Waals surface area contributed by atoms with Gasteiger partial charge in [0.15, 0.2) is 5.82 Å². The lowest BCUT2D eigenvalue weighted by atomic mass is 9.87. The van der Waals surface area contributed by atoms with Crippen molar-refractivity contribution in [2.45, 2.75) is 46.8 Å². The topological polar surface area (TPSA) is 51.1 Å². The van der Waals surface area contributed by atoms with E-state index in [1.54, 1.807) is 0 Å². The van der Waals surface area contributed by atoms with Gasteiger partial charge in [-0.25, -0.2) is 14.4 Å². The minimum atomic E-state index is -0.279. The average molecular weight is 461 g/mol. The van der Waals surface area contributed by atoms with Crippen LogP contribution in [0, 0.1) is 19.7 Å². The molecule has 168 valence electrons. The van der Waals surface area contributed by atoms with Crippen LogP contribution in [0.4, 0.5) is 10.3 Å². The number of halogens is 1. The first-order valence-electron chi connectivity index (χ1n) is 11.3. The molecule has 5 heterocycles. The van der Waals surface area contributed by atoms with Crippen molar-refractivity contribution < 1.29 is 9.13 Å². The first-order chi connectivity index (χ1) is 16.0. The molecule has 4 aromatic rings. The van der Waals surface area contributed by atoms with Gasteiger partial charge in [0.2, 0.25) is 5.95 Å². The lowest BCUT2D eigenvalue weighted by Crippen LogP contribution is -2.20. The summed E-state index contributed by atoms with van der Waals surface area (Å²) in [5.41, 5.74) is 7.75. The van der Waals surface area contributed by atoms with Crippen LogP contribution < -0.4 is 4.90 Å². The predicted molar refractivity (Wildman–Crippen MR) is 132 cm³/mol. The van der Waals surface area contributed by atoms with Crippen molar-refractivity contribution in [2.75, 3.05) is 18.0 Å². The van der Waals surface area contributed by atoms with Crippen molar-refractivity contribution in [1.82, 2.24) is 15.0 Å². The molecule has 1 fully saturated rings. The van der Waals surface area contributed by atoms with Gasteiger partial charge < -0.3 is 9.64 Å². The number of hydrogen-bond acceptors (Lipinski definition) is 6. The van der Waals surface area contributed by atoms with E-state index >= 15 is 0 Å². The number of anilines is 1. The summed E-state index contributed by atoms with van der Waals surface area (Å²) in [4.78, 5) is 17.8. The molecular weight excluding hydrogens is 435 g/mol. The van der Waals surface area contributed by atoms with Crippen LogP contribution in [0.5, 0.6) is 0 Å². The molecule has 0 radical (unpaired) electrons. The van der Waals surface area contributed by atoms with E-state index in [9.17, 15) is 4.39 Å². The number of hydrogen-bond donors (Lipinski definition) is 0. The molecule has 6 rings (SSSR count). The van der Waals surface area contributed by atoms with Crippen molar-refractivity contribution in [1.29, 1.82) is 0 Å². The molecule has 7 heteroatoms. The van der Waals surface area contributed by atoms with Gasteiger partial charge in [0, 0.05) is 46.1 Å². The van der Waals surface area contributed by atoms with Crippen LogP contribution in [0.15, 0.2) is 19.0 Å². The number of ether oxygens (including phenoxy) is 1. The molecule has 0 bridgehead atoms. The van der Waals surface area contributed by atoms with Gasteiger partial charge >= 0.3 is 0 Å². The number of thiophene rings is 1. The fourth-order valence-electron chi connectivity index (χ4n) is 5.21. The maximum atomic E-state index is 14.8. The van der Waals surface area contributed by atoms with Gasteiger partial charge in [-0.15, -0.1) is 11.3 Å². The van der Waals surface area contributed by atoms with E-state index in [4.69, 9.17) is 14.7 Å². The number of aromatic nitrogens is 3. The quantitative estimate of drug-likeness (QED) is 0.358. The van der Waals surface area contributed by atoms with Crippen LogP contribution in [-0.2, 0) is 18.0 Å². The van der Waals surface area contributed by atoms with Crippen LogP contribution in [0.25, 0.3) is 37.8 Å². The normalized spacial score (nSPS) is 15.7. The molecule has 2 aliphatic heterocycles. The van der Waals surface area contributed by atoms with Crippen molar-refractivity contribution >= 4 is 43.8 Å². The second-order valence-corrected chi connectivity index (χ2v) is 10.3. The Labute approximate surface area is 196 Å². The van der Waals surface area contributed by atoms with E-state index in [2.05, 4.69) is 16.5 Å². The lowest BCUT2D eigenvalue weighted by molar-refractivity contribution is 0.135. The van der Waals surface area contributed by atoms with Crippen LogP contribution in [0.2, 0.25) is 0 Å². The van der Waals surface area contributed by atoms with Crippen LogP contribution in [0.3, 0.4) is 0 Å². The third kappa shape index (κ3) is 3.02. The maximum absolute atomic E-state index is 14.8. The molecule has 1 aromatic carbocycles. The van der Waals surface area contributed by atoms with E-state index in [1.165, 1.54) is 17.5 Å². The monoisotopic (exact) mass is 460 g/mol. The second kappa shape index (κ2) is 7.57. The molecule has 5 nitrogen and oxygen atoms in total. The molecule has 0 unspecified atom stereocenters. The standard InChI is InChI=1S/C26H25FN4OS/c1-13(2)20-22(24-21-14(3)15(4)33-25(21)19(27)10-28-24)18-12-32-11-17(18)16-9-29-26(30-23(16)20)31-7-5-6-8-31/h9-10H,1,5-8,11-12H2,2-4H3. The SMILES string of the molecule is C=C(C)c1c(-c2ncc(F)c3sc(C)c(C)c23)c2c(c3cnc(N4CCCC4)nc13)COC2. The van der Waals surface area contributed by atoms with Gasteiger partial charge in [-0.05, 0) is 55.9 Å². The summed E-state index contributed by atoms with van der Waals surface area (Å²) >= 11 is 1.48. The molecule has 2 aliphatic rings. The summed E-state index contributed by atoms with van der Waals surface area (Å²) in [6, 6.07) is 0. The van der Waals surface area contributed by atoms with Gasteiger partial charge in [0.05, 0.1) is 35.3 Å². The molecule has 0 spiro atoms. The van der Waals surface area contributed by atoms with Crippen molar-refractivity contribution in [3.63, 3.8) is 0 Å². The summed E-state index contributed by atoms with van der Waals surface area (Å²) in [5, 5.41) is 1.88. The average Bonchev–Trinajstić information content (AvgIpc) is 3.55. The second-order valence-electron chi connectivity index (χ2n) is 9.05. The molecule has 0 aliphatic carbocycles. The van der Waals surface area contributed by atoms with E-state index in [-0.39, 0.29) is 5.82 Å². The van der Waals surface area contributed by atoms with Crippen molar-refractivity contribution in [3.05, 3.63) is 51.9 Å². The number of pyridine rings is 1. The Balaban J connectivity index is 1.74. The van der Waals surface area contributed by atoms with Crippen LogP contribution in [0.1, 0.15) is 46.9 Å². The minimum Gasteiger partial charge on any atom is -0.372 e. The molecule has 33 heavy (non-hydrogen) atoms. The Bertz CT molecular complexity index is 1470. The van der Waals surface area contributed by atoms with Gasteiger partial charge in [-0.2, -0.15) is 0 Å². The number of nitrogens with zero attached hydrogens (tertiary/aromatic N) is 4. The number of rotatable bonds is 3. The molecule has 0 atom stereocenters. The van der Waals surface area contributed by atoms with E-state index in [1.807, 2.05) is 27.0 Å². The molecule has 0 amide bonds. The highest BCUT2D eigenvalue weighted by Crippen LogP contribution is 2.46. The van der Waals surface area contributed by atoms with Crippen LogP contribution in [-0.4, -0.2) is 28.0 Å². The van der Waals surface area contributed by atoms with Gasteiger partial charge in [0.1, 0.15) is 0 Å². The molecule has 0 saturated carbocycles. The zero-order valence-corrected chi connectivity index (χ0v) is 19.9. The van der Waals surface area contributed by atoms with Crippen molar-refractivity contribution in [2.24, 2.45) is 0 Å². The lowest BCUT2D eigenvalue weighted by Gasteiger charge is -2.20. The third-order valence-electron chi connectivity index (χ3n) is 6.95. The fourth-order valence-corrected chi connectivity index (χ4v) is 6.27. The summed E-state index contributed by atoms with van der Waals surface area (Å²) in [5.74, 6) is 0.478. The Morgan fingerprint density at radius 3 is 2.64 bits per heavy atom. The minimum absolute atomic E-state index is 0.279. The number of allylic oxidation sites excluding steroid dienone is 1. The smallest absolute Gasteiger partial charge is 0.225 e. The number of aryl methyl sites for hydroxylation is 2. The predicted octanol–water partition coefficient (Wildman–Crippen LogP) is 6.33. The largest absolute Gasteiger partial charge is 0.372 e. The molecule has 0 N–H and O–H groups in total. The van der Waals surface area contributed by atoms with Gasteiger partial charge in [0.25, 0.3) is 0 Å². The Morgan fingerprint density at radius 1 is 1.12 bits per heavy atom. The fraction of sp³-hybridized carbons (Fsp3) is 0.346.